The molecular formula is C11H24N2O2. The third-order valence-corrected chi connectivity index (χ3v) is 2.42. The zero-order valence-electron chi connectivity index (χ0n) is 10.4. The first-order valence-corrected chi connectivity index (χ1v) is 5.46. The van der Waals surface area contributed by atoms with Gasteiger partial charge in [-0.15, -0.1) is 0 Å². The molecule has 1 unspecified atom stereocenters. The molecule has 0 spiro atoms. The van der Waals surface area contributed by atoms with Crippen molar-refractivity contribution in [3.63, 3.8) is 0 Å². The highest BCUT2D eigenvalue weighted by Crippen LogP contribution is 2.05. The van der Waals surface area contributed by atoms with Gasteiger partial charge in [-0.2, -0.15) is 0 Å². The summed E-state index contributed by atoms with van der Waals surface area (Å²) in [5, 5.41) is 0. The molecule has 0 saturated heterocycles. The van der Waals surface area contributed by atoms with Gasteiger partial charge in [-0.3, -0.25) is 4.79 Å². The summed E-state index contributed by atoms with van der Waals surface area (Å²) in [6.07, 6.45) is 2.20. The molecule has 0 rings (SSSR count). The highest BCUT2D eigenvalue weighted by atomic mass is 16.5. The number of nitrogens with zero attached hydrogens (tertiary/aromatic N) is 1. The Morgan fingerprint density at radius 3 is 2.53 bits per heavy atom. The first kappa shape index (κ1) is 14.4. The number of ether oxygens (including phenoxy) is 1. The van der Waals surface area contributed by atoms with Crippen molar-refractivity contribution in [2.24, 2.45) is 5.73 Å². The number of hydrogen-bond donors (Lipinski definition) is 1. The van der Waals surface area contributed by atoms with Crippen LogP contribution in [0.25, 0.3) is 0 Å². The molecule has 0 radical (unpaired) electrons. The Balaban J connectivity index is 3.44. The zero-order valence-corrected chi connectivity index (χ0v) is 10.4. The van der Waals surface area contributed by atoms with Gasteiger partial charge in [-0.25, -0.2) is 0 Å². The van der Waals surface area contributed by atoms with Crippen LogP contribution in [0.15, 0.2) is 0 Å². The first-order chi connectivity index (χ1) is 6.89. The van der Waals surface area contributed by atoms with E-state index in [0.717, 1.165) is 12.8 Å². The van der Waals surface area contributed by atoms with E-state index < -0.39 is 0 Å². The lowest BCUT2D eigenvalue weighted by molar-refractivity contribution is -0.129. The third kappa shape index (κ3) is 7.33. The number of nitrogens with two attached hydrogens (primary N) is 1. The molecule has 0 aromatic carbocycles. The number of hydrogen-bond acceptors (Lipinski definition) is 3. The van der Waals surface area contributed by atoms with Gasteiger partial charge < -0.3 is 15.4 Å². The van der Waals surface area contributed by atoms with Crippen molar-refractivity contribution in [1.82, 2.24) is 4.90 Å². The van der Waals surface area contributed by atoms with Gasteiger partial charge >= 0.3 is 0 Å². The van der Waals surface area contributed by atoms with Gasteiger partial charge in [0.05, 0.1) is 6.61 Å². The van der Waals surface area contributed by atoms with E-state index >= 15 is 0 Å². The van der Waals surface area contributed by atoms with Crippen molar-refractivity contribution in [2.75, 3.05) is 27.3 Å². The van der Waals surface area contributed by atoms with Crippen LogP contribution in [-0.4, -0.2) is 43.7 Å². The van der Waals surface area contributed by atoms with E-state index in [1.54, 1.807) is 19.0 Å². The molecule has 0 aliphatic rings. The fraction of sp³-hybridized carbons (Fsp3) is 0.909. The maximum atomic E-state index is 11.2. The van der Waals surface area contributed by atoms with Crippen molar-refractivity contribution >= 4 is 5.91 Å². The van der Waals surface area contributed by atoms with Crippen LogP contribution in [0.1, 0.15) is 33.1 Å². The Bertz CT molecular complexity index is 191. The van der Waals surface area contributed by atoms with Gasteiger partial charge in [0.2, 0.25) is 5.91 Å². The number of rotatable bonds is 7. The Kier molecular flexibility index (Phi) is 6.52. The average Bonchev–Trinajstić information content (AvgIpc) is 2.16. The van der Waals surface area contributed by atoms with Crippen molar-refractivity contribution in [3.05, 3.63) is 0 Å². The SMILES string of the molecule is CCC(C)(N)COCCCC(=O)N(C)C. The number of carbonyl (C=O) groups excluding carboxylic acids is 1. The van der Waals surface area contributed by atoms with E-state index in [2.05, 4.69) is 0 Å². The Labute approximate surface area is 92.8 Å². The summed E-state index contributed by atoms with van der Waals surface area (Å²) in [6, 6.07) is 0. The molecule has 0 fully saturated rings. The lowest BCUT2D eigenvalue weighted by Crippen LogP contribution is -2.40. The van der Waals surface area contributed by atoms with Gasteiger partial charge in [0, 0.05) is 32.7 Å². The lowest BCUT2D eigenvalue weighted by atomic mass is 10.0. The Morgan fingerprint density at radius 1 is 1.47 bits per heavy atom. The smallest absolute Gasteiger partial charge is 0.222 e. The van der Waals surface area contributed by atoms with Gasteiger partial charge in [-0.1, -0.05) is 6.92 Å². The van der Waals surface area contributed by atoms with Crippen LogP contribution >= 0.6 is 0 Å². The molecule has 1 atom stereocenters. The van der Waals surface area contributed by atoms with E-state index in [-0.39, 0.29) is 11.4 Å². The molecule has 15 heavy (non-hydrogen) atoms. The summed E-state index contributed by atoms with van der Waals surface area (Å²) in [6.45, 7) is 5.17. The summed E-state index contributed by atoms with van der Waals surface area (Å²) < 4.78 is 5.42. The second kappa shape index (κ2) is 6.80. The van der Waals surface area contributed by atoms with Gasteiger partial charge in [0.1, 0.15) is 0 Å². The number of carbonyl (C=O) groups is 1. The minimum absolute atomic E-state index is 0.143. The van der Waals surface area contributed by atoms with Gasteiger partial charge in [0.15, 0.2) is 0 Å². The summed E-state index contributed by atoms with van der Waals surface area (Å²) in [5.74, 6) is 0.143. The normalized spacial score (nSPS) is 14.7. The molecule has 2 N–H and O–H groups in total. The summed E-state index contributed by atoms with van der Waals surface area (Å²) in [4.78, 5) is 12.8. The highest BCUT2D eigenvalue weighted by Gasteiger charge is 2.15. The molecule has 0 saturated carbocycles. The second-order valence-electron chi connectivity index (χ2n) is 4.45. The zero-order chi connectivity index (χ0) is 11.9. The van der Waals surface area contributed by atoms with Crippen LogP contribution in [0.2, 0.25) is 0 Å². The maximum absolute atomic E-state index is 11.2. The third-order valence-electron chi connectivity index (χ3n) is 2.42. The standard InChI is InChI=1S/C11H24N2O2/c1-5-11(2,12)9-15-8-6-7-10(14)13(3)4/h5-9,12H2,1-4H3. The molecule has 0 aliphatic heterocycles. The average molecular weight is 216 g/mol. The van der Waals surface area contributed by atoms with Crippen LogP contribution in [0.5, 0.6) is 0 Å². The van der Waals surface area contributed by atoms with Crippen LogP contribution < -0.4 is 5.73 Å². The monoisotopic (exact) mass is 216 g/mol. The largest absolute Gasteiger partial charge is 0.380 e. The first-order valence-electron chi connectivity index (χ1n) is 5.46. The molecule has 0 aliphatic carbocycles. The van der Waals surface area contributed by atoms with Crippen molar-refractivity contribution in [2.45, 2.75) is 38.6 Å². The molecule has 0 aromatic rings. The Hall–Kier alpha value is -0.610. The van der Waals surface area contributed by atoms with Crippen molar-refractivity contribution in [1.29, 1.82) is 0 Å². The second-order valence-corrected chi connectivity index (χ2v) is 4.45. The summed E-state index contributed by atoms with van der Waals surface area (Å²) in [5.41, 5.74) is 5.66. The predicted octanol–water partition coefficient (Wildman–Crippen LogP) is 0.999. The molecule has 0 aromatic heterocycles. The van der Waals surface area contributed by atoms with Crippen molar-refractivity contribution in [3.8, 4) is 0 Å². The molecule has 4 nitrogen and oxygen atoms in total. The summed E-state index contributed by atoms with van der Waals surface area (Å²) >= 11 is 0. The molecule has 0 bridgehead atoms. The lowest BCUT2D eigenvalue weighted by Gasteiger charge is -2.22. The summed E-state index contributed by atoms with van der Waals surface area (Å²) in [7, 11) is 3.52. The minimum Gasteiger partial charge on any atom is -0.380 e. The molecule has 1 amide bonds. The maximum Gasteiger partial charge on any atom is 0.222 e. The fourth-order valence-corrected chi connectivity index (χ4v) is 0.956. The molecule has 90 valence electrons. The Morgan fingerprint density at radius 2 is 2.07 bits per heavy atom. The predicted molar refractivity (Wildman–Crippen MR) is 61.6 cm³/mol. The van der Waals surface area contributed by atoms with Crippen LogP contribution in [0.3, 0.4) is 0 Å². The topological polar surface area (TPSA) is 55.6 Å². The fourth-order valence-electron chi connectivity index (χ4n) is 0.956. The molecular weight excluding hydrogens is 192 g/mol. The minimum atomic E-state index is -0.244. The van der Waals surface area contributed by atoms with Crippen LogP contribution in [0, 0.1) is 0 Å². The van der Waals surface area contributed by atoms with E-state index in [1.807, 2.05) is 13.8 Å². The van der Waals surface area contributed by atoms with Gasteiger partial charge in [-0.05, 0) is 19.8 Å². The highest BCUT2D eigenvalue weighted by molar-refractivity contribution is 5.75. The van der Waals surface area contributed by atoms with Crippen molar-refractivity contribution < 1.29 is 9.53 Å². The van der Waals surface area contributed by atoms with E-state index in [9.17, 15) is 4.79 Å². The number of amides is 1. The van der Waals surface area contributed by atoms with Crippen LogP contribution in [-0.2, 0) is 9.53 Å². The molecule has 4 heteroatoms. The van der Waals surface area contributed by atoms with E-state index in [0.29, 0.717) is 19.6 Å². The van der Waals surface area contributed by atoms with E-state index in [1.165, 1.54) is 0 Å². The van der Waals surface area contributed by atoms with Gasteiger partial charge in [0.25, 0.3) is 0 Å². The van der Waals surface area contributed by atoms with E-state index in [4.69, 9.17) is 10.5 Å². The molecule has 0 heterocycles. The van der Waals surface area contributed by atoms with Crippen LogP contribution in [0.4, 0.5) is 0 Å². The quantitative estimate of drug-likeness (QED) is 0.646.